The van der Waals surface area contributed by atoms with E-state index < -0.39 is 0 Å². The van der Waals surface area contributed by atoms with E-state index in [2.05, 4.69) is 17.8 Å². The molecule has 0 amide bonds. The van der Waals surface area contributed by atoms with Gasteiger partial charge in [-0.15, -0.1) is 0 Å². The molecule has 1 nitrogen and oxygen atoms in total. The quantitative estimate of drug-likeness (QED) is 0.630. The summed E-state index contributed by atoms with van der Waals surface area (Å²) in [6.07, 6.45) is 9.96. The average Bonchev–Trinajstić information content (AvgIpc) is 2.92. The summed E-state index contributed by atoms with van der Waals surface area (Å²) in [6, 6.07) is 0. The Labute approximate surface area is 90.8 Å². The van der Waals surface area contributed by atoms with Crippen molar-refractivity contribution < 1.29 is 0 Å². The molecule has 1 aliphatic rings. The van der Waals surface area contributed by atoms with Crippen molar-refractivity contribution in [1.29, 1.82) is 0 Å². The summed E-state index contributed by atoms with van der Waals surface area (Å²) in [5.41, 5.74) is 0. The third kappa shape index (κ3) is 4.61. The maximum atomic E-state index is 3.57. The van der Waals surface area contributed by atoms with Crippen LogP contribution in [-0.2, 0) is 0 Å². The zero-order valence-corrected chi connectivity index (χ0v) is 10.4. The van der Waals surface area contributed by atoms with Crippen molar-refractivity contribution in [1.82, 2.24) is 5.32 Å². The maximum absolute atomic E-state index is 3.57. The Hall–Kier alpha value is 0.660. The molecule has 0 aromatic heterocycles. The molecule has 0 aromatic carbocycles. The van der Waals surface area contributed by atoms with Crippen molar-refractivity contribution in [2.45, 2.75) is 30.4 Å². The van der Waals surface area contributed by atoms with Crippen molar-refractivity contribution >= 4 is 23.5 Å². The van der Waals surface area contributed by atoms with Crippen molar-refractivity contribution in [3.8, 4) is 0 Å². The molecule has 0 aliphatic heterocycles. The monoisotopic (exact) mass is 219 g/mol. The first-order valence-corrected chi connectivity index (χ1v) is 7.70. The molecule has 78 valence electrons. The van der Waals surface area contributed by atoms with Crippen LogP contribution in [0.4, 0.5) is 0 Å². The number of nitrogens with one attached hydrogen (secondary N) is 1. The SMILES string of the molecule is CSCCCCNCC1(SC)CC1. The minimum atomic E-state index is 0.638. The van der Waals surface area contributed by atoms with E-state index in [9.17, 15) is 0 Å². The van der Waals surface area contributed by atoms with Crippen LogP contribution in [0.25, 0.3) is 0 Å². The molecule has 1 fully saturated rings. The van der Waals surface area contributed by atoms with Crippen molar-refractivity contribution in [2.75, 3.05) is 31.4 Å². The smallest absolute Gasteiger partial charge is 0.0282 e. The molecule has 1 saturated carbocycles. The van der Waals surface area contributed by atoms with Gasteiger partial charge in [-0.05, 0) is 50.5 Å². The van der Waals surface area contributed by atoms with Gasteiger partial charge in [0.2, 0.25) is 0 Å². The van der Waals surface area contributed by atoms with E-state index in [1.807, 2.05) is 23.5 Å². The molecule has 13 heavy (non-hydrogen) atoms. The summed E-state index contributed by atoms with van der Waals surface area (Å²) in [7, 11) is 0. The fourth-order valence-corrected chi connectivity index (χ4v) is 2.65. The van der Waals surface area contributed by atoms with Crippen LogP contribution in [0.5, 0.6) is 0 Å². The molecule has 0 spiro atoms. The van der Waals surface area contributed by atoms with Crippen LogP contribution >= 0.6 is 23.5 Å². The van der Waals surface area contributed by atoms with E-state index in [-0.39, 0.29) is 0 Å². The summed E-state index contributed by atoms with van der Waals surface area (Å²) in [4.78, 5) is 0. The van der Waals surface area contributed by atoms with E-state index in [1.54, 1.807) is 0 Å². The Morgan fingerprint density at radius 2 is 2.00 bits per heavy atom. The van der Waals surface area contributed by atoms with Crippen LogP contribution < -0.4 is 5.32 Å². The number of hydrogen-bond acceptors (Lipinski definition) is 3. The molecule has 0 atom stereocenters. The second kappa shape index (κ2) is 6.20. The Morgan fingerprint density at radius 1 is 1.23 bits per heavy atom. The van der Waals surface area contributed by atoms with Gasteiger partial charge in [-0.2, -0.15) is 23.5 Å². The van der Waals surface area contributed by atoms with Gasteiger partial charge in [-0.3, -0.25) is 0 Å². The van der Waals surface area contributed by atoms with Gasteiger partial charge in [-0.1, -0.05) is 0 Å². The standard InChI is InChI=1S/C10H21NS2/c1-12-8-4-3-7-11-9-10(13-2)5-6-10/h11H,3-9H2,1-2H3. The topological polar surface area (TPSA) is 12.0 Å². The molecule has 0 aromatic rings. The summed E-state index contributed by atoms with van der Waals surface area (Å²) < 4.78 is 0.638. The van der Waals surface area contributed by atoms with Crippen LogP contribution in [0.1, 0.15) is 25.7 Å². The zero-order valence-electron chi connectivity index (χ0n) is 8.77. The van der Waals surface area contributed by atoms with Gasteiger partial charge in [0.15, 0.2) is 0 Å². The average molecular weight is 219 g/mol. The van der Waals surface area contributed by atoms with Gasteiger partial charge in [-0.25, -0.2) is 0 Å². The van der Waals surface area contributed by atoms with Gasteiger partial charge in [0, 0.05) is 11.3 Å². The predicted molar refractivity (Wildman–Crippen MR) is 66.0 cm³/mol. The van der Waals surface area contributed by atoms with E-state index >= 15 is 0 Å². The first kappa shape index (κ1) is 11.7. The van der Waals surface area contributed by atoms with E-state index in [0.29, 0.717) is 4.75 Å². The molecule has 1 rings (SSSR count). The largest absolute Gasteiger partial charge is 0.315 e. The Morgan fingerprint density at radius 3 is 2.54 bits per heavy atom. The second-order valence-electron chi connectivity index (χ2n) is 3.76. The predicted octanol–water partition coefficient (Wildman–Crippen LogP) is 2.61. The summed E-state index contributed by atoms with van der Waals surface area (Å²) in [6.45, 7) is 2.44. The molecule has 0 unspecified atom stereocenters. The molecule has 0 heterocycles. The maximum Gasteiger partial charge on any atom is 0.0282 e. The Kier molecular flexibility index (Phi) is 5.60. The van der Waals surface area contributed by atoms with Crippen molar-refractivity contribution in [3.05, 3.63) is 0 Å². The van der Waals surface area contributed by atoms with Gasteiger partial charge in [0.1, 0.15) is 0 Å². The molecule has 1 aliphatic carbocycles. The Bertz CT molecular complexity index is 135. The molecule has 0 saturated heterocycles. The van der Waals surface area contributed by atoms with Crippen molar-refractivity contribution in [2.24, 2.45) is 0 Å². The van der Waals surface area contributed by atoms with Gasteiger partial charge in [0.05, 0.1) is 0 Å². The Balaban J connectivity index is 1.84. The summed E-state index contributed by atoms with van der Waals surface area (Å²) in [5.74, 6) is 1.31. The van der Waals surface area contributed by atoms with Crippen molar-refractivity contribution in [3.63, 3.8) is 0 Å². The fourth-order valence-electron chi connectivity index (χ4n) is 1.41. The molecular weight excluding hydrogens is 198 g/mol. The highest BCUT2D eigenvalue weighted by Crippen LogP contribution is 2.46. The first-order valence-electron chi connectivity index (χ1n) is 5.08. The lowest BCUT2D eigenvalue weighted by molar-refractivity contribution is 0.627. The molecule has 1 N–H and O–H groups in total. The van der Waals surface area contributed by atoms with E-state index in [1.165, 1.54) is 44.5 Å². The zero-order chi connectivity index (χ0) is 9.57. The van der Waals surface area contributed by atoms with Crippen LogP contribution in [-0.4, -0.2) is 36.1 Å². The van der Waals surface area contributed by atoms with Crippen LogP contribution in [0.2, 0.25) is 0 Å². The van der Waals surface area contributed by atoms with Gasteiger partial charge < -0.3 is 5.32 Å². The van der Waals surface area contributed by atoms with Crippen LogP contribution in [0.15, 0.2) is 0 Å². The third-order valence-electron chi connectivity index (χ3n) is 2.64. The fraction of sp³-hybridized carbons (Fsp3) is 1.00. The highest BCUT2D eigenvalue weighted by Gasteiger charge is 2.41. The van der Waals surface area contributed by atoms with Crippen LogP contribution in [0, 0.1) is 0 Å². The lowest BCUT2D eigenvalue weighted by atomic mass is 10.3. The minimum absolute atomic E-state index is 0.638. The van der Waals surface area contributed by atoms with Gasteiger partial charge >= 0.3 is 0 Å². The number of rotatable bonds is 8. The lowest BCUT2D eigenvalue weighted by Gasteiger charge is -2.12. The van der Waals surface area contributed by atoms with Gasteiger partial charge in [0.25, 0.3) is 0 Å². The highest BCUT2D eigenvalue weighted by molar-refractivity contribution is 8.00. The van der Waals surface area contributed by atoms with Crippen LogP contribution in [0.3, 0.4) is 0 Å². The highest BCUT2D eigenvalue weighted by atomic mass is 32.2. The summed E-state index contributed by atoms with van der Waals surface area (Å²) in [5, 5.41) is 3.57. The first-order chi connectivity index (χ1) is 6.33. The molecule has 0 bridgehead atoms. The molecule has 3 heteroatoms. The van der Waals surface area contributed by atoms with E-state index in [4.69, 9.17) is 0 Å². The molecule has 0 radical (unpaired) electrons. The summed E-state index contributed by atoms with van der Waals surface area (Å²) >= 11 is 3.99. The van der Waals surface area contributed by atoms with E-state index in [0.717, 1.165) is 0 Å². The normalized spacial score (nSPS) is 18.9. The number of thioether (sulfide) groups is 2. The number of hydrogen-bond donors (Lipinski definition) is 1. The lowest BCUT2D eigenvalue weighted by Crippen LogP contribution is -2.26. The second-order valence-corrected chi connectivity index (χ2v) is 6.02. The minimum Gasteiger partial charge on any atom is -0.315 e. The third-order valence-corrected chi connectivity index (χ3v) is 4.76. The molecular formula is C10H21NS2. The number of unbranched alkanes of at least 4 members (excludes halogenated alkanes) is 1.